The van der Waals surface area contributed by atoms with E-state index in [0.29, 0.717) is 6.42 Å². The van der Waals surface area contributed by atoms with E-state index < -0.39 is 39.1 Å². The normalized spacial score (nSPS) is 9.19. The molecule has 1 atom stereocenters. The van der Waals surface area contributed by atoms with Crippen LogP contribution in [-0.4, -0.2) is 31.3 Å². The molecule has 0 rings (SSSR count). The maximum Gasteiger partial charge on any atom is 1.00 e. The molecule has 0 aliphatic rings. The Hall–Kier alpha value is -1.68. The molecule has 0 aliphatic heterocycles. The molecule has 0 N–H and O–H groups in total. The predicted octanol–water partition coefficient (Wildman–Crippen LogP) is 1.13. The van der Waals surface area contributed by atoms with Crippen molar-refractivity contribution in [3.05, 3.63) is 0 Å². The maximum atomic E-state index is 12.2. The first kappa shape index (κ1) is 52.1. The molecule has 0 spiro atoms. The van der Waals surface area contributed by atoms with Crippen molar-refractivity contribution in [1.82, 2.24) is 0 Å². The minimum absolute atomic E-state index is 0. The van der Waals surface area contributed by atoms with E-state index in [-0.39, 0.29) is 97.6 Å². The van der Waals surface area contributed by atoms with Gasteiger partial charge in [-0.05, 0) is 84.4 Å². The summed E-state index contributed by atoms with van der Waals surface area (Å²) in [7, 11) is -5.32. The monoisotopic (exact) mass is 724 g/mol. The van der Waals surface area contributed by atoms with Crippen molar-refractivity contribution in [2.24, 2.45) is 0 Å². The van der Waals surface area contributed by atoms with E-state index in [0.717, 1.165) is 19.3 Å². The van der Waals surface area contributed by atoms with Crippen LogP contribution in [0.25, 0.3) is 0 Å². The second-order valence-electron chi connectivity index (χ2n) is 9.32. The number of carbonyl (C=O) groups is 2. The molecular formula is C35H67Na2O8PS. The third-order valence-corrected chi connectivity index (χ3v) is 6.04. The quantitative estimate of drug-likeness (QED) is 0.0458. The Bertz CT molecular complexity index is 1420. The van der Waals surface area contributed by atoms with Gasteiger partial charge in [-0.3, -0.25) is 4.79 Å². The smallest absolute Gasteiger partial charge is 0.790 e. The molecule has 0 radical (unpaired) electrons. The number of hydrogen-bond acceptors (Lipinski definition) is 8. The van der Waals surface area contributed by atoms with Crippen LogP contribution in [0.4, 0.5) is 0 Å². The Morgan fingerprint density at radius 2 is 1.06 bits per heavy atom. The zero-order chi connectivity index (χ0) is 32.6. The maximum absolute atomic E-state index is 12.2. The molecule has 0 aliphatic carbocycles. The van der Waals surface area contributed by atoms with Gasteiger partial charge < -0.3 is 28.3 Å². The summed E-state index contributed by atoms with van der Waals surface area (Å²) in [5.74, 6) is 32.1. The van der Waals surface area contributed by atoms with Crippen molar-refractivity contribution in [3.8, 4) is 82.9 Å². The van der Waals surface area contributed by atoms with Crippen LogP contribution in [0.15, 0.2) is 0 Å². The van der Waals surface area contributed by atoms with Gasteiger partial charge in [-0.2, -0.15) is 13.5 Å². The van der Waals surface area contributed by atoms with E-state index in [2.05, 4.69) is 94.3 Å². The van der Waals surface area contributed by atoms with Crippen LogP contribution in [0, 0.1) is 82.9 Å². The van der Waals surface area contributed by atoms with Crippen molar-refractivity contribution in [2.45, 2.75) is 110 Å². The van der Waals surface area contributed by atoms with Gasteiger partial charge in [0.15, 0.2) is 6.10 Å². The first-order valence-electron chi connectivity index (χ1n) is 14.7. The molecule has 8 nitrogen and oxygen atoms in total. The van der Waals surface area contributed by atoms with Crippen LogP contribution in [0.5, 0.6) is 0 Å². The Morgan fingerprint density at radius 1 is 0.660 bits per heavy atom. The van der Waals surface area contributed by atoms with Gasteiger partial charge >= 0.3 is 71.1 Å². The fraction of sp³-hybridized carbons (Fsp3) is 0.543. The molecule has 0 amide bonds. The molecule has 0 heterocycles. The summed E-state index contributed by atoms with van der Waals surface area (Å²) in [6.45, 7) is 2.54. The molecule has 12 heteroatoms. The van der Waals surface area contributed by atoms with Crippen molar-refractivity contribution in [3.63, 3.8) is 0 Å². The molecule has 0 aromatic carbocycles. The summed E-state index contributed by atoms with van der Waals surface area (Å²) >= 11 is 0. The second kappa shape index (κ2) is 38.8. The Kier molecular flexibility index (Phi) is 43.0. The van der Waals surface area contributed by atoms with Crippen molar-refractivity contribution in [2.75, 3.05) is 13.2 Å². The van der Waals surface area contributed by atoms with Crippen molar-refractivity contribution in [1.29, 1.82) is 0 Å². The average Bonchev–Trinajstić information content (AvgIpc) is 2.98. The molecule has 0 aromatic heterocycles. The summed E-state index contributed by atoms with van der Waals surface area (Å²) in [6.07, 6.45) is 13.9. The Labute approximate surface area is 352 Å². The molecule has 47 heavy (non-hydrogen) atoms. The van der Waals surface area contributed by atoms with E-state index in [1.165, 1.54) is 57.8 Å². The van der Waals surface area contributed by atoms with Gasteiger partial charge in [0.2, 0.25) is 0 Å². The first-order chi connectivity index (χ1) is 21.3. The average molecular weight is 725 g/mol. The number of hydrogen-bond donors (Lipinski definition) is 0. The van der Waals surface area contributed by atoms with E-state index in [4.69, 9.17) is 9.47 Å². The number of phosphoric acid groups is 1. The van der Waals surface area contributed by atoms with Crippen LogP contribution in [0.1, 0.15) is 122 Å². The van der Waals surface area contributed by atoms with Gasteiger partial charge in [0, 0.05) is 30.9 Å². The van der Waals surface area contributed by atoms with Crippen LogP contribution >= 0.6 is 21.3 Å². The minimum Gasteiger partial charge on any atom is -0.790 e. The van der Waals surface area contributed by atoms with Gasteiger partial charge in [0.25, 0.3) is 0 Å². The number of carbonyl (C=O) groups excluding carboxylic acids is 2. The SMILES string of the molecule is CC#CC#CC#CC#CC#CC#CC#CC(=O)OC[C@@H](COP(=O)([O-])[O-])OC(=O)CCCCCCCCCCCCCCC.S.[HH].[HH].[HH].[HH].[HH].[HH].[HH].[HH].[HH].[HH].[HH].[HH].[HH].[Na+].[Na+]. The minimum atomic E-state index is -5.32. The van der Waals surface area contributed by atoms with E-state index >= 15 is 0 Å². The predicted molar refractivity (Wildman–Crippen MR) is 203 cm³/mol. The first-order valence-corrected chi connectivity index (χ1v) is 16.2. The molecule has 268 valence electrons. The van der Waals surface area contributed by atoms with Gasteiger partial charge in [-0.25, -0.2) is 4.79 Å². The molecule has 0 saturated heterocycles. The third kappa shape index (κ3) is 42.3. The summed E-state index contributed by atoms with van der Waals surface area (Å²) in [6, 6.07) is 0. The molecule has 0 aromatic rings. The van der Waals surface area contributed by atoms with Gasteiger partial charge in [0.1, 0.15) is 6.61 Å². The third-order valence-electron chi connectivity index (χ3n) is 5.58. The zero-order valence-electron chi connectivity index (χ0n) is 28.1. The number of unbranched alkanes of at least 4 members (excludes halogenated alkanes) is 12. The standard InChI is InChI=1S/C35H41O8P.2Na.H2S.13H2/c1-3-5-7-9-11-13-15-17-19-21-23-25-27-29-34(36)41-31-33(32-42-44(38,39)40)43-35(37)30-28-26-24-22-20-18-16-14-12-10-8-6-4-2;;;;;;;;;;;;;;;;/h33H,4,6,8,10,12,14,16,18,20,22,24,26,28,30-32H2,1-2H3,(H2,38,39,40);;;1H2;13*1H/q;2*+1;;;;;;;;;;;;;;/p-2/t33-;;;;;;;;;;;;;;;;/m0................/s1. The Morgan fingerprint density at radius 3 is 1.49 bits per heavy atom. The topological polar surface area (TPSA) is 125 Å². The molecule has 0 unspecified atom stereocenters. The summed E-state index contributed by atoms with van der Waals surface area (Å²) in [5, 5.41) is 0. The van der Waals surface area contributed by atoms with Crippen LogP contribution in [0.3, 0.4) is 0 Å². The second-order valence-corrected chi connectivity index (χ2v) is 10.5. The number of rotatable bonds is 20. The molecule has 0 bridgehead atoms. The van der Waals surface area contributed by atoms with E-state index in [9.17, 15) is 23.9 Å². The van der Waals surface area contributed by atoms with Crippen LogP contribution in [0.2, 0.25) is 0 Å². The van der Waals surface area contributed by atoms with Gasteiger partial charge in [0.05, 0.1) is 14.4 Å². The number of esters is 2. The van der Waals surface area contributed by atoms with Crippen LogP contribution in [-0.2, 0) is 28.2 Å². The summed E-state index contributed by atoms with van der Waals surface area (Å²) < 4.78 is 25.1. The molecule has 0 saturated carbocycles. The van der Waals surface area contributed by atoms with Gasteiger partial charge in [-0.15, -0.1) is 0 Å². The fourth-order valence-corrected chi connectivity index (χ4v) is 3.83. The van der Waals surface area contributed by atoms with Crippen molar-refractivity contribution >= 4 is 33.3 Å². The number of phosphoric ester groups is 1. The van der Waals surface area contributed by atoms with E-state index in [1.54, 1.807) is 6.92 Å². The zero-order valence-corrected chi connectivity index (χ0v) is 34.0. The fourth-order valence-electron chi connectivity index (χ4n) is 3.48. The molecular weight excluding hydrogens is 657 g/mol. The molecule has 0 fully saturated rings. The Balaban J connectivity index is -0.0000000770. The van der Waals surface area contributed by atoms with Gasteiger partial charge in [-0.1, -0.05) is 89.9 Å². The van der Waals surface area contributed by atoms with E-state index in [1.807, 2.05) is 0 Å². The van der Waals surface area contributed by atoms with Crippen molar-refractivity contribution < 1.29 is 116 Å². The number of ether oxygens (including phenoxy) is 2. The summed E-state index contributed by atoms with van der Waals surface area (Å²) in [4.78, 5) is 45.7. The largest absolute Gasteiger partial charge is 1.00 e. The summed E-state index contributed by atoms with van der Waals surface area (Å²) in [5.41, 5.74) is 0. The van der Waals surface area contributed by atoms with Crippen LogP contribution < -0.4 is 68.9 Å².